The van der Waals surface area contributed by atoms with Gasteiger partial charge in [-0.25, -0.2) is 4.68 Å². The van der Waals surface area contributed by atoms with E-state index in [-0.39, 0.29) is 12.0 Å². The SMILES string of the molecule is Oc1c(Cl)cc2c(cnn2C2CCCCO2)c1Br. The molecule has 0 radical (unpaired) electrons. The molecule has 0 aliphatic carbocycles. The molecular weight excluding hydrogens is 320 g/mol. The summed E-state index contributed by atoms with van der Waals surface area (Å²) in [5.41, 5.74) is 0.872. The van der Waals surface area contributed by atoms with Gasteiger partial charge in [0.15, 0.2) is 6.23 Å². The van der Waals surface area contributed by atoms with Gasteiger partial charge in [-0.2, -0.15) is 5.10 Å². The van der Waals surface area contributed by atoms with Crippen molar-refractivity contribution >= 4 is 38.4 Å². The van der Waals surface area contributed by atoms with Crippen molar-refractivity contribution in [1.29, 1.82) is 0 Å². The monoisotopic (exact) mass is 330 g/mol. The molecule has 2 heterocycles. The maximum atomic E-state index is 9.78. The molecule has 1 saturated heterocycles. The zero-order valence-electron chi connectivity index (χ0n) is 9.57. The van der Waals surface area contributed by atoms with Gasteiger partial charge in [0.25, 0.3) is 0 Å². The van der Waals surface area contributed by atoms with Crippen molar-refractivity contribution in [2.75, 3.05) is 6.61 Å². The molecule has 1 N–H and O–H groups in total. The van der Waals surface area contributed by atoms with Crippen molar-refractivity contribution < 1.29 is 9.84 Å². The molecule has 1 fully saturated rings. The number of phenols is 1. The number of benzene rings is 1. The van der Waals surface area contributed by atoms with E-state index < -0.39 is 0 Å². The second-order valence-corrected chi connectivity index (χ2v) is 5.56. The number of ether oxygens (including phenoxy) is 1. The van der Waals surface area contributed by atoms with Crippen LogP contribution in [0.3, 0.4) is 0 Å². The fraction of sp³-hybridized carbons (Fsp3) is 0.417. The fourth-order valence-electron chi connectivity index (χ4n) is 2.25. The van der Waals surface area contributed by atoms with Crippen LogP contribution in [0.15, 0.2) is 16.7 Å². The number of halogens is 2. The molecule has 1 unspecified atom stereocenters. The zero-order chi connectivity index (χ0) is 12.7. The third-order valence-electron chi connectivity index (χ3n) is 3.20. The Morgan fingerprint density at radius 1 is 1.50 bits per heavy atom. The highest BCUT2D eigenvalue weighted by Gasteiger charge is 2.21. The van der Waals surface area contributed by atoms with Gasteiger partial charge >= 0.3 is 0 Å². The van der Waals surface area contributed by atoms with E-state index in [1.54, 1.807) is 12.3 Å². The normalized spacial score (nSPS) is 20.4. The minimum absolute atomic E-state index is 0.0382. The van der Waals surface area contributed by atoms with Crippen LogP contribution in [-0.4, -0.2) is 21.5 Å². The second-order valence-electron chi connectivity index (χ2n) is 4.36. The van der Waals surface area contributed by atoms with E-state index in [1.807, 2.05) is 4.68 Å². The molecule has 1 aromatic carbocycles. The first-order valence-corrected chi connectivity index (χ1v) is 7.01. The average Bonchev–Trinajstić information content (AvgIpc) is 2.81. The molecule has 1 atom stereocenters. The smallest absolute Gasteiger partial charge is 0.150 e. The highest BCUT2D eigenvalue weighted by atomic mass is 79.9. The van der Waals surface area contributed by atoms with E-state index in [9.17, 15) is 5.11 Å². The van der Waals surface area contributed by atoms with Crippen LogP contribution in [0.4, 0.5) is 0 Å². The van der Waals surface area contributed by atoms with Gasteiger partial charge < -0.3 is 9.84 Å². The summed E-state index contributed by atoms with van der Waals surface area (Å²) in [4.78, 5) is 0. The summed E-state index contributed by atoms with van der Waals surface area (Å²) >= 11 is 9.34. The Morgan fingerprint density at radius 3 is 3.06 bits per heavy atom. The predicted molar refractivity (Wildman–Crippen MR) is 72.9 cm³/mol. The molecule has 96 valence electrons. The van der Waals surface area contributed by atoms with Crippen LogP contribution < -0.4 is 0 Å². The molecule has 0 spiro atoms. The van der Waals surface area contributed by atoms with Crippen molar-refractivity contribution in [2.24, 2.45) is 0 Å². The maximum absolute atomic E-state index is 9.78. The Balaban J connectivity index is 2.13. The lowest BCUT2D eigenvalue weighted by Crippen LogP contribution is -2.18. The van der Waals surface area contributed by atoms with Gasteiger partial charge in [0.2, 0.25) is 0 Å². The number of nitrogens with zero attached hydrogens (tertiary/aromatic N) is 2. The van der Waals surface area contributed by atoms with Crippen molar-refractivity contribution in [3.63, 3.8) is 0 Å². The molecular formula is C12H12BrClN2O2. The van der Waals surface area contributed by atoms with E-state index >= 15 is 0 Å². The maximum Gasteiger partial charge on any atom is 0.150 e. The molecule has 1 aliphatic rings. The Labute approximate surface area is 118 Å². The number of rotatable bonds is 1. The predicted octanol–water partition coefficient (Wildman–Crippen LogP) is 3.86. The van der Waals surface area contributed by atoms with Crippen LogP contribution in [-0.2, 0) is 4.74 Å². The standard InChI is InChI=1S/C12H12BrClN2O2/c13-11-7-6-15-16(10-3-1-2-4-18-10)9(7)5-8(14)12(11)17/h5-6,10,17H,1-4H2. The lowest BCUT2D eigenvalue weighted by atomic mass is 10.2. The first-order valence-electron chi connectivity index (χ1n) is 5.84. The molecule has 6 heteroatoms. The topological polar surface area (TPSA) is 47.3 Å². The molecule has 0 bridgehead atoms. The third kappa shape index (κ3) is 1.90. The van der Waals surface area contributed by atoms with Gasteiger partial charge in [-0.15, -0.1) is 0 Å². The molecule has 0 saturated carbocycles. The van der Waals surface area contributed by atoms with Gasteiger partial charge in [-0.3, -0.25) is 0 Å². The van der Waals surface area contributed by atoms with Crippen LogP contribution >= 0.6 is 27.5 Å². The Kier molecular flexibility index (Phi) is 3.21. The molecule has 1 aliphatic heterocycles. The fourth-order valence-corrected chi connectivity index (χ4v) is 3.08. The zero-order valence-corrected chi connectivity index (χ0v) is 11.9. The summed E-state index contributed by atoms with van der Waals surface area (Å²) in [6, 6.07) is 1.72. The number of phenolic OH excluding ortho intramolecular Hbond substituents is 1. The Bertz CT molecular complexity index is 593. The number of aromatic nitrogens is 2. The van der Waals surface area contributed by atoms with Crippen molar-refractivity contribution in [2.45, 2.75) is 25.5 Å². The van der Waals surface area contributed by atoms with Crippen LogP contribution in [0.25, 0.3) is 10.9 Å². The third-order valence-corrected chi connectivity index (χ3v) is 4.29. The first-order chi connectivity index (χ1) is 8.68. The summed E-state index contributed by atoms with van der Waals surface area (Å²) < 4.78 is 8.13. The molecule has 18 heavy (non-hydrogen) atoms. The van der Waals surface area contributed by atoms with Gasteiger partial charge in [0, 0.05) is 12.0 Å². The average molecular weight is 332 g/mol. The lowest BCUT2D eigenvalue weighted by Gasteiger charge is -2.23. The van der Waals surface area contributed by atoms with Crippen molar-refractivity contribution in [3.05, 3.63) is 21.8 Å². The highest BCUT2D eigenvalue weighted by molar-refractivity contribution is 9.10. The summed E-state index contributed by atoms with van der Waals surface area (Å²) in [6.45, 7) is 0.763. The largest absolute Gasteiger partial charge is 0.505 e. The second kappa shape index (κ2) is 4.72. The molecule has 3 rings (SSSR count). The Morgan fingerprint density at radius 2 is 2.33 bits per heavy atom. The van der Waals surface area contributed by atoms with E-state index in [4.69, 9.17) is 16.3 Å². The minimum atomic E-state index is -0.0382. The van der Waals surface area contributed by atoms with Gasteiger partial charge in [-0.05, 0) is 41.3 Å². The summed E-state index contributed by atoms with van der Waals surface area (Å²) in [6.07, 6.45) is 4.86. The quantitative estimate of drug-likeness (QED) is 0.863. The molecule has 0 amide bonds. The lowest BCUT2D eigenvalue weighted by molar-refractivity contribution is -0.0366. The van der Waals surface area contributed by atoms with Crippen LogP contribution in [0.2, 0.25) is 5.02 Å². The van der Waals surface area contributed by atoms with Crippen LogP contribution in [0.5, 0.6) is 5.75 Å². The number of hydrogen-bond donors (Lipinski definition) is 1. The Hall–Kier alpha value is -0.780. The van der Waals surface area contributed by atoms with E-state index in [0.717, 1.165) is 36.8 Å². The van der Waals surface area contributed by atoms with Gasteiger partial charge in [-0.1, -0.05) is 11.6 Å². The van der Waals surface area contributed by atoms with E-state index in [0.29, 0.717) is 9.50 Å². The summed E-state index contributed by atoms with van der Waals surface area (Å²) in [5.74, 6) is 0.0493. The van der Waals surface area contributed by atoms with Gasteiger partial charge in [0.05, 0.1) is 21.2 Å². The van der Waals surface area contributed by atoms with E-state index in [1.165, 1.54) is 0 Å². The van der Waals surface area contributed by atoms with E-state index in [2.05, 4.69) is 21.0 Å². The first kappa shape index (κ1) is 12.3. The minimum Gasteiger partial charge on any atom is -0.505 e. The number of hydrogen-bond acceptors (Lipinski definition) is 3. The summed E-state index contributed by atoms with van der Waals surface area (Å²) in [7, 11) is 0. The number of fused-ring (bicyclic) bond motifs is 1. The van der Waals surface area contributed by atoms with Crippen LogP contribution in [0, 0.1) is 0 Å². The molecule has 2 aromatic rings. The molecule has 4 nitrogen and oxygen atoms in total. The summed E-state index contributed by atoms with van der Waals surface area (Å²) in [5, 5.41) is 15.3. The highest BCUT2D eigenvalue weighted by Crippen LogP contribution is 2.39. The number of aromatic hydroxyl groups is 1. The van der Waals surface area contributed by atoms with Gasteiger partial charge in [0.1, 0.15) is 5.75 Å². The van der Waals surface area contributed by atoms with Crippen LogP contribution in [0.1, 0.15) is 25.5 Å². The van der Waals surface area contributed by atoms with Crippen molar-refractivity contribution in [3.8, 4) is 5.75 Å². The van der Waals surface area contributed by atoms with Crippen molar-refractivity contribution in [1.82, 2.24) is 9.78 Å². The molecule has 1 aromatic heterocycles.